The molecule has 0 fully saturated rings. The summed E-state index contributed by atoms with van der Waals surface area (Å²) < 4.78 is 0. The van der Waals surface area contributed by atoms with E-state index >= 15 is 0 Å². The third kappa shape index (κ3) is 5.39. The molecule has 0 aliphatic carbocycles. The molecule has 2 aromatic rings. The van der Waals surface area contributed by atoms with Gasteiger partial charge in [0.1, 0.15) is 0 Å². The highest BCUT2D eigenvalue weighted by Gasteiger charge is 2.15. The fourth-order valence-corrected chi connectivity index (χ4v) is 2.75. The van der Waals surface area contributed by atoms with Crippen molar-refractivity contribution in [1.29, 1.82) is 0 Å². The maximum absolute atomic E-state index is 12.2. The number of likely N-dealkylation sites (N-methyl/N-ethyl adjacent to an activating group) is 1. The maximum atomic E-state index is 12.2. The molecule has 138 valence electrons. The Bertz CT molecular complexity index is 759. The molecule has 6 heteroatoms. The number of carbonyl (C=O) groups is 1. The van der Waals surface area contributed by atoms with Crippen LogP contribution in [0.1, 0.15) is 37.3 Å². The lowest BCUT2D eigenvalue weighted by molar-refractivity contribution is -0.385. The highest BCUT2D eigenvalue weighted by atomic mass is 16.6. The zero-order chi connectivity index (χ0) is 19.1. The first-order valence-electron chi connectivity index (χ1n) is 8.71. The summed E-state index contributed by atoms with van der Waals surface area (Å²) in [6.45, 7) is 4.80. The molecule has 0 aromatic heterocycles. The Balaban J connectivity index is 1.92. The number of nitrogens with one attached hydrogen (secondary N) is 1. The molecule has 0 bridgehead atoms. The molecule has 0 heterocycles. The lowest BCUT2D eigenvalue weighted by Crippen LogP contribution is -2.30. The van der Waals surface area contributed by atoms with Gasteiger partial charge in [0.15, 0.2) is 0 Å². The molecule has 2 aromatic carbocycles. The van der Waals surface area contributed by atoms with Crippen LogP contribution in [-0.2, 0) is 11.3 Å². The van der Waals surface area contributed by atoms with Gasteiger partial charge in [0.05, 0.1) is 11.5 Å². The largest absolute Gasteiger partial charge is 0.325 e. The minimum absolute atomic E-state index is 0.0698. The van der Waals surface area contributed by atoms with Gasteiger partial charge in [-0.1, -0.05) is 44.2 Å². The van der Waals surface area contributed by atoms with Crippen LogP contribution in [0.4, 0.5) is 11.4 Å². The van der Waals surface area contributed by atoms with Crippen LogP contribution in [0.5, 0.6) is 0 Å². The summed E-state index contributed by atoms with van der Waals surface area (Å²) in [5.41, 5.74) is 2.66. The van der Waals surface area contributed by atoms with Crippen molar-refractivity contribution in [3.8, 4) is 0 Å². The summed E-state index contributed by atoms with van der Waals surface area (Å²) >= 11 is 0. The molecule has 0 aliphatic rings. The SMILES string of the molecule is CCC(C)c1ccc(NC(=O)CN(C)Cc2ccccc2[N+](=O)[O-])cc1. The third-order valence-corrected chi connectivity index (χ3v) is 4.42. The van der Waals surface area contributed by atoms with Crippen LogP contribution in [0.25, 0.3) is 0 Å². The van der Waals surface area contributed by atoms with Gasteiger partial charge in [-0.3, -0.25) is 19.8 Å². The van der Waals surface area contributed by atoms with E-state index in [1.54, 1.807) is 30.1 Å². The predicted octanol–water partition coefficient (Wildman–Crippen LogP) is 4.18. The van der Waals surface area contributed by atoms with Gasteiger partial charge in [-0.25, -0.2) is 0 Å². The second-order valence-electron chi connectivity index (χ2n) is 6.54. The number of hydrogen-bond acceptors (Lipinski definition) is 4. The fraction of sp³-hybridized carbons (Fsp3) is 0.350. The molecule has 0 saturated heterocycles. The van der Waals surface area contributed by atoms with Gasteiger partial charge in [-0.2, -0.15) is 0 Å². The van der Waals surface area contributed by atoms with Gasteiger partial charge in [-0.15, -0.1) is 0 Å². The Labute approximate surface area is 154 Å². The van der Waals surface area contributed by atoms with Crippen LogP contribution in [0.15, 0.2) is 48.5 Å². The first kappa shape index (κ1) is 19.6. The van der Waals surface area contributed by atoms with E-state index in [4.69, 9.17) is 0 Å². The Morgan fingerprint density at radius 1 is 1.19 bits per heavy atom. The minimum atomic E-state index is -0.401. The van der Waals surface area contributed by atoms with Gasteiger partial charge >= 0.3 is 0 Å². The zero-order valence-electron chi connectivity index (χ0n) is 15.4. The molecule has 0 saturated carbocycles. The summed E-state index contributed by atoms with van der Waals surface area (Å²) in [7, 11) is 1.77. The summed E-state index contributed by atoms with van der Waals surface area (Å²) in [6.07, 6.45) is 1.07. The van der Waals surface area contributed by atoms with Crippen LogP contribution in [0.2, 0.25) is 0 Å². The molecule has 0 spiro atoms. The van der Waals surface area contributed by atoms with Gasteiger partial charge in [-0.05, 0) is 37.1 Å². The van der Waals surface area contributed by atoms with Crippen molar-refractivity contribution < 1.29 is 9.72 Å². The second kappa shape index (κ2) is 9.10. The second-order valence-corrected chi connectivity index (χ2v) is 6.54. The zero-order valence-corrected chi connectivity index (χ0v) is 15.4. The van der Waals surface area contributed by atoms with Gasteiger partial charge in [0.25, 0.3) is 5.69 Å². The number of rotatable bonds is 8. The summed E-state index contributed by atoms with van der Waals surface area (Å²) in [5, 5.41) is 13.9. The van der Waals surface area contributed by atoms with Crippen molar-refractivity contribution in [2.24, 2.45) is 0 Å². The van der Waals surface area contributed by atoms with Crippen molar-refractivity contribution in [3.05, 3.63) is 69.8 Å². The number of benzene rings is 2. The lowest BCUT2D eigenvalue weighted by Gasteiger charge is -2.16. The Kier molecular flexibility index (Phi) is 6.86. The average Bonchev–Trinajstić information content (AvgIpc) is 2.61. The standard InChI is InChI=1S/C20H25N3O3/c1-4-15(2)16-9-11-18(12-10-16)21-20(24)14-22(3)13-17-7-5-6-8-19(17)23(25)26/h5-12,15H,4,13-14H2,1-3H3,(H,21,24). The highest BCUT2D eigenvalue weighted by molar-refractivity contribution is 5.92. The quantitative estimate of drug-likeness (QED) is 0.569. The van der Waals surface area contributed by atoms with Crippen molar-refractivity contribution >= 4 is 17.3 Å². The predicted molar refractivity (Wildman–Crippen MR) is 103 cm³/mol. The van der Waals surface area contributed by atoms with E-state index < -0.39 is 4.92 Å². The third-order valence-electron chi connectivity index (χ3n) is 4.42. The molecule has 1 atom stereocenters. The van der Waals surface area contributed by atoms with Crippen molar-refractivity contribution in [1.82, 2.24) is 4.90 Å². The Hall–Kier alpha value is -2.73. The monoisotopic (exact) mass is 355 g/mol. The molecule has 0 aliphatic heterocycles. The molecular formula is C20H25N3O3. The molecule has 1 unspecified atom stereocenters. The normalized spacial score (nSPS) is 12.0. The van der Waals surface area contributed by atoms with E-state index in [-0.39, 0.29) is 18.1 Å². The van der Waals surface area contributed by atoms with Crippen LogP contribution >= 0.6 is 0 Å². The average molecular weight is 355 g/mol. The molecule has 1 N–H and O–H groups in total. The Morgan fingerprint density at radius 3 is 2.46 bits per heavy atom. The molecule has 0 radical (unpaired) electrons. The van der Waals surface area contributed by atoms with Gasteiger partial charge < -0.3 is 5.32 Å². The van der Waals surface area contributed by atoms with Crippen molar-refractivity contribution in [3.63, 3.8) is 0 Å². The number of carbonyl (C=O) groups excluding carboxylic acids is 1. The van der Waals surface area contributed by atoms with E-state index in [9.17, 15) is 14.9 Å². The summed E-state index contributed by atoms with van der Waals surface area (Å²) in [6, 6.07) is 14.4. The fourth-order valence-electron chi connectivity index (χ4n) is 2.75. The number of nitro benzene ring substituents is 1. The van der Waals surface area contributed by atoms with Gasteiger partial charge in [0.2, 0.25) is 5.91 Å². The lowest BCUT2D eigenvalue weighted by atomic mass is 9.99. The van der Waals surface area contributed by atoms with Gasteiger partial charge in [0, 0.05) is 23.9 Å². The first-order chi connectivity index (χ1) is 12.4. The maximum Gasteiger partial charge on any atom is 0.273 e. The summed E-state index contributed by atoms with van der Waals surface area (Å²) in [5.74, 6) is 0.343. The van der Waals surface area contributed by atoms with Crippen molar-refractivity contribution in [2.45, 2.75) is 32.7 Å². The van der Waals surface area contributed by atoms with Crippen LogP contribution in [0.3, 0.4) is 0 Å². The number of anilines is 1. The minimum Gasteiger partial charge on any atom is -0.325 e. The summed E-state index contributed by atoms with van der Waals surface area (Å²) in [4.78, 5) is 24.6. The topological polar surface area (TPSA) is 75.5 Å². The molecular weight excluding hydrogens is 330 g/mol. The molecule has 1 amide bonds. The number of nitrogens with zero attached hydrogens (tertiary/aromatic N) is 2. The van der Waals surface area contributed by atoms with E-state index in [2.05, 4.69) is 19.2 Å². The van der Waals surface area contributed by atoms with E-state index in [1.807, 2.05) is 24.3 Å². The number of hydrogen-bond donors (Lipinski definition) is 1. The molecule has 2 rings (SSSR count). The molecule has 6 nitrogen and oxygen atoms in total. The van der Waals surface area contributed by atoms with E-state index in [1.165, 1.54) is 11.6 Å². The highest BCUT2D eigenvalue weighted by Crippen LogP contribution is 2.21. The number of nitro groups is 1. The first-order valence-corrected chi connectivity index (χ1v) is 8.71. The van der Waals surface area contributed by atoms with Crippen LogP contribution in [-0.4, -0.2) is 29.3 Å². The molecule has 26 heavy (non-hydrogen) atoms. The van der Waals surface area contributed by atoms with E-state index in [0.717, 1.165) is 12.1 Å². The van der Waals surface area contributed by atoms with Crippen LogP contribution in [0, 0.1) is 10.1 Å². The smallest absolute Gasteiger partial charge is 0.273 e. The van der Waals surface area contributed by atoms with Crippen LogP contribution < -0.4 is 5.32 Å². The van der Waals surface area contributed by atoms with E-state index in [0.29, 0.717) is 18.0 Å². The number of amides is 1. The van der Waals surface area contributed by atoms with Crippen molar-refractivity contribution in [2.75, 3.05) is 18.9 Å². The number of para-hydroxylation sites is 1. The Morgan fingerprint density at radius 2 is 1.85 bits per heavy atom.